The van der Waals surface area contributed by atoms with E-state index >= 15 is 0 Å². The van der Waals surface area contributed by atoms with Crippen LogP contribution in [0.1, 0.15) is 49.3 Å². The van der Waals surface area contributed by atoms with E-state index in [4.69, 9.17) is 33.0 Å². The number of methoxy groups -OCH3 is 1. The standard InChI is InChI=1S/C26H29Cl2N3O3/c1-34-15-14-30(26(33)19-6-2-3-7-19)17-25(32)31-24(18-10-12-20(27)13-11-18)16-23(29-31)21-8-4-5-9-22(21)28/h4-5,8-13,19,24H,2-3,6-7,14-17H2,1H3. The summed E-state index contributed by atoms with van der Waals surface area (Å²) in [7, 11) is 1.59. The maximum atomic E-state index is 13.6. The number of hydrogen-bond acceptors (Lipinski definition) is 4. The van der Waals surface area contributed by atoms with Crippen LogP contribution in [0.25, 0.3) is 0 Å². The zero-order valence-electron chi connectivity index (χ0n) is 19.3. The first-order valence-corrected chi connectivity index (χ1v) is 12.4. The molecule has 1 unspecified atom stereocenters. The molecule has 2 amide bonds. The number of hydrogen-bond donors (Lipinski definition) is 0. The highest BCUT2D eigenvalue weighted by molar-refractivity contribution is 6.34. The van der Waals surface area contributed by atoms with Gasteiger partial charge in [-0.3, -0.25) is 9.59 Å². The number of nitrogens with zero attached hydrogens (tertiary/aromatic N) is 3. The van der Waals surface area contributed by atoms with Gasteiger partial charge >= 0.3 is 0 Å². The van der Waals surface area contributed by atoms with E-state index in [0.717, 1.165) is 42.5 Å². The van der Waals surface area contributed by atoms with Gasteiger partial charge in [0.1, 0.15) is 6.54 Å². The highest BCUT2D eigenvalue weighted by Crippen LogP contribution is 2.35. The Morgan fingerprint density at radius 3 is 2.47 bits per heavy atom. The molecular formula is C26H29Cl2N3O3. The minimum absolute atomic E-state index is 0.0162. The van der Waals surface area contributed by atoms with Crippen LogP contribution in [0.2, 0.25) is 10.0 Å². The molecule has 2 aromatic carbocycles. The van der Waals surface area contributed by atoms with Crippen LogP contribution in [-0.4, -0.2) is 54.2 Å². The summed E-state index contributed by atoms with van der Waals surface area (Å²) in [4.78, 5) is 28.4. The molecular weight excluding hydrogens is 473 g/mol. The number of benzene rings is 2. The first-order valence-electron chi connectivity index (χ1n) is 11.7. The average molecular weight is 502 g/mol. The van der Waals surface area contributed by atoms with E-state index in [2.05, 4.69) is 0 Å². The monoisotopic (exact) mass is 501 g/mol. The Balaban J connectivity index is 1.60. The summed E-state index contributed by atoms with van der Waals surface area (Å²) in [6, 6.07) is 14.6. The topological polar surface area (TPSA) is 62.2 Å². The molecule has 6 nitrogen and oxygen atoms in total. The molecule has 1 fully saturated rings. The van der Waals surface area contributed by atoms with Crippen LogP contribution in [0.4, 0.5) is 0 Å². The van der Waals surface area contributed by atoms with Gasteiger partial charge < -0.3 is 9.64 Å². The van der Waals surface area contributed by atoms with Gasteiger partial charge in [0.25, 0.3) is 5.91 Å². The molecule has 8 heteroatoms. The highest BCUT2D eigenvalue weighted by Gasteiger charge is 2.36. The first-order chi connectivity index (χ1) is 16.5. The second-order valence-corrected chi connectivity index (χ2v) is 9.61. The number of amides is 2. The van der Waals surface area contributed by atoms with Gasteiger partial charge in [0.2, 0.25) is 5.91 Å². The molecule has 0 radical (unpaired) electrons. The van der Waals surface area contributed by atoms with E-state index in [1.54, 1.807) is 12.0 Å². The van der Waals surface area contributed by atoms with Crippen LogP contribution in [0, 0.1) is 5.92 Å². The van der Waals surface area contributed by atoms with Crippen LogP contribution in [0.5, 0.6) is 0 Å². The number of ether oxygens (including phenoxy) is 1. The molecule has 1 heterocycles. The van der Waals surface area contributed by atoms with Crippen LogP contribution in [-0.2, 0) is 14.3 Å². The minimum atomic E-state index is -0.304. The normalized spacial score (nSPS) is 18.3. The third-order valence-electron chi connectivity index (χ3n) is 6.51. The lowest BCUT2D eigenvalue weighted by molar-refractivity contribution is -0.144. The summed E-state index contributed by atoms with van der Waals surface area (Å²) in [6.07, 6.45) is 4.38. The lowest BCUT2D eigenvalue weighted by Crippen LogP contribution is -2.44. The molecule has 0 aromatic heterocycles. The molecule has 4 rings (SSSR count). The quantitative estimate of drug-likeness (QED) is 0.490. The summed E-state index contributed by atoms with van der Waals surface area (Å²) in [5, 5.41) is 7.42. The largest absolute Gasteiger partial charge is 0.383 e. The lowest BCUT2D eigenvalue weighted by atomic mass is 9.98. The molecule has 0 saturated heterocycles. The fraction of sp³-hybridized carbons (Fsp3) is 0.423. The van der Waals surface area contributed by atoms with Crippen molar-refractivity contribution in [3.05, 3.63) is 69.7 Å². The van der Waals surface area contributed by atoms with E-state index in [-0.39, 0.29) is 30.3 Å². The van der Waals surface area contributed by atoms with Crippen LogP contribution >= 0.6 is 23.2 Å². The lowest BCUT2D eigenvalue weighted by Gasteiger charge is -2.28. The van der Waals surface area contributed by atoms with Crippen LogP contribution in [0.15, 0.2) is 53.6 Å². The van der Waals surface area contributed by atoms with Crippen molar-refractivity contribution in [2.75, 3.05) is 26.8 Å². The van der Waals surface area contributed by atoms with Crippen molar-refractivity contribution >= 4 is 40.7 Å². The third kappa shape index (κ3) is 5.62. The van der Waals surface area contributed by atoms with Gasteiger partial charge in [-0.1, -0.05) is 66.4 Å². The Bertz CT molecular complexity index is 1050. The van der Waals surface area contributed by atoms with Gasteiger partial charge in [0.15, 0.2) is 0 Å². The van der Waals surface area contributed by atoms with Gasteiger partial charge in [-0.2, -0.15) is 5.10 Å². The van der Waals surface area contributed by atoms with Gasteiger partial charge in [0.05, 0.1) is 18.4 Å². The van der Waals surface area contributed by atoms with Gasteiger partial charge in [-0.25, -0.2) is 5.01 Å². The zero-order valence-corrected chi connectivity index (χ0v) is 20.8. The molecule has 0 spiro atoms. The number of hydrazone groups is 1. The molecule has 1 saturated carbocycles. The maximum Gasteiger partial charge on any atom is 0.262 e. The summed E-state index contributed by atoms with van der Waals surface area (Å²) in [5.41, 5.74) is 2.47. The first kappa shape index (κ1) is 24.7. The van der Waals surface area contributed by atoms with Crippen LogP contribution < -0.4 is 0 Å². The molecule has 180 valence electrons. The van der Waals surface area contributed by atoms with Crippen molar-refractivity contribution < 1.29 is 14.3 Å². The van der Waals surface area contributed by atoms with Crippen molar-refractivity contribution in [2.45, 2.75) is 38.1 Å². The fourth-order valence-electron chi connectivity index (χ4n) is 4.68. The van der Waals surface area contributed by atoms with E-state index in [1.807, 2.05) is 48.5 Å². The molecule has 0 N–H and O–H groups in total. The Kier molecular flexibility index (Phi) is 8.24. The van der Waals surface area contributed by atoms with Crippen LogP contribution in [0.3, 0.4) is 0 Å². The SMILES string of the molecule is COCCN(CC(=O)N1N=C(c2ccccc2Cl)CC1c1ccc(Cl)cc1)C(=O)C1CCCC1. The van der Waals surface area contributed by atoms with Gasteiger partial charge in [-0.05, 0) is 36.6 Å². The van der Waals surface area contributed by atoms with E-state index in [0.29, 0.717) is 29.6 Å². The maximum absolute atomic E-state index is 13.6. The summed E-state index contributed by atoms with van der Waals surface area (Å²) in [5.74, 6) is -0.220. The minimum Gasteiger partial charge on any atom is -0.383 e. The predicted octanol–water partition coefficient (Wildman–Crippen LogP) is 5.34. The van der Waals surface area contributed by atoms with Gasteiger partial charge in [-0.15, -0.1) is 0 Å². The smallest absolute Gasteiger partial charge is 0.262 e. The fourth-order valence-corrected chi connectivity index (χ4v) is 5.05. The number of carbonyl (C=O) groups excluding carboxylic acids is 2. The second kappa shape index (κ2) is 11.3. The van der Waals surface area contributed by atoms with Crippen molar-refractivity contribution in [3.63, 3.8) is 0 Å². The average Bonchev–Trinajstić information content (AvgIpc) is 3.53. The van der Waals surface area contributed by atoms with Crippen molar-refractivity contribution in [1.82, 2.24) is 9.91 Å². The number of carbonyl (C=O) groups is 2. The Labute approximate surface area is 210 Å². The van der Waals surface area contributed by atoms with E-state index in [9.17, 15) is 9.59 Å². The molecule has 2 aliphatic rings. The molecule has 1 aliphatic heterocycles. The number of rotatable bonds is 8. The third-order valence-corrected chi connectivity index (χ3v) is 7.09. The molecule has 1 aliphatic carbocycles. The van der Waals surface area contributed by atoms with Gasteiger partial charge in [0, 0.05) is 41.6 Å². The molecule has 2 aromatic rings. The second-order valence-electron chi connectivity index (χ2n) is 8.77. The Morgan fingerprint density at radius 2 is 1.79 bits per heavy atom. The summed E-state index contributed by atoms with van der Waals surface area (Å²) < 4.78 is 5.21. The summed E-state index contributed by atoms with van der Waals surface area (Å²) >= 11 is 12.5. The highest BCUT2D eigenvalue weighted by atomic mass is 35.5. The Hall–Kier alpha value is -2.41. The molecule has 0 bridgehead atoms. The van der Waals surface area contributed by atoms with Crippen molar-refractivity contribution in [3.8, 4) is 0 Å². The summed E-state index contributed by atoms with van der Waals surface area (Å²) in [6.45, 7) is 0.709. The molecule has 1 atom stereocenters. The zero-order chi connectivity index (χ0) is 24.1. The molecule has 34 heavy (non-hydrogen) atoms. The van der Waals surface area contributed by atoms with Crippen molar-refractivity contribution in [2.24, 2.45) is 11.0 Å². The van der Waals surface area contributed by atoms with E-state index in [1.165, 1.54) is 5.01 Å². The Morgan fingerprint density at radius 1 is 1.09 bits per heavy atom. The predicted molar refractivity (Wildman–Crippen MR) is 134 cm³/mol. The van der Waals surface area contributed by atoms with E-state index < -0.39 is 0 Å². The van der Waals surface area contributed by atoms with Crippen molar-refractivity contribution in [1.29, 1.82) is 0 Å². The number of halogens is 2.